The quantitative estimate of drug-likeness (QED) is 0.457. The van der Waals surface area contributed by atoms with Gasteiger partial charge in [0.05, 0.1) is 17.1 Å². The Hall–Kier alpha value is -3.05. The highest BCUT2D eigenvalue weighted by atomic mass is 32.2. The molecule has 0 aliphatic carbocycles. The van der Waals surface area contributed by atoms with Crippen LogP contribution in [-0.2, 0) is 10.0 Å². The predicted octanol–water partition coefficient (Wildman–Crippen LogP) is 3.72. The largest absolute Gasteiger partial charge is 0.492 e. The molecule has 11 heteroatoms. The van der Waals surface area contributed by atoms with Gasteiger partial charge < -0.3 is 10.1 Å². The minimum absolute atomic E-state index is 0.114. The van der Waals surface area contributed by atoms with Crippen LogP contribution in [0.1, 0.15) is 36.7 Å². The molecule has 31 heavy (non-hydrogen) atoms. The maximum Gasteiger partial charge on any atom is 0.276 e. The molecule has 0 fully saturated rings. The molecule has 2 aromatic carbocycles. The van der Waals surface area contributed by atoms with Gasteiger partial charge in [0.1, 0.15) is 16.5 Å². The lowest BCUT2D eigenvalue weighted by atomic mass is 10.1. The number of sulfonamides is 1. The van der Waals surface area contributed by atoms with E-state index in [-0.39, 0.29) is 47.2 Å². The van der Waals surface area contributed by atoms with E-state index in [2.05, 4.69) is 5.32 Å². The summed E-state index contributed by atoms with van der Waals surface area (Å²) in [6, 6.07) is 5.95. The van der Waals surface area contributed by atoms with Crippen LogP contribution in [-0.4, -0.2) is 43.2 Å². The van der Waals surface area contributed by atoms with E-state index < -0.39 is 32.4 Å². The number of nitro groups is 1. The van der Waals surface area contributed by atoms with E-state index >= 15 is 0 Å². The lowest BCUT2D eigenvalue weighted by molar-refractivity contribution is -0.385. The number of nitro benzene ring substituents is 1. The number of carbonyl (C=O) groups is 1. The van der Waals surface area contributed by atoms with E-state index in [1.165, 1.54) is 29.4 Å². The van der Waals surface area contributed by atoms with Crippen LogP contribution in [0.3, 0.4) is 0 Å². The third-order valence-electron chi connectivity index (χ3n) is 4.60. The van der Waals surface area contributed by atoms with Gasteiger partial charge in [-0.25, -0.2) is 12.8 Å². The molecule has 168 valence electrons. The van der Waals surface area contributed by atoms with Crippen LogP contribution in [0.4, 0.5) is 15.8 Å². The number of hydrogen-bond donors (Lipinski definition) is 1. The third-order valence-corrected chi connectivity index (χ3v) is 6.67. The van der Waals surface area contributed by atoms with E-state index in [9.17, 15) is 27.7 Å². The van der Waals surface area contributed by atoms with E-state index in [1.807, 2.05) is 0 Å². The van der Waals surface area contributed by atoms with Crippen LogP contribution < -0.4 is 10.1 Å². The van der Waals surface area contributed by atoms with Crippen LogP contribution in [0.5, 0.6) is 5.75 Å². The summed E-state index contributed by atoms with van der Waals surface area (Å²) in [4.78, 5) is 22.8. The van der Waals surface area contributed by atoms with Crippen molar-refractivity contribution in [1.82, 2.24) is 4.31 Å². The van der Waals surface area contributed by atoms with Crippen LogP contribution in [0.15, 0.2) is 35.2 Å². The molecular weight excluding hydrogens is 429 g/mol. The molecule has 0 aliphatic heterocycles. The number of ether oxygens (including phenoxy) is 1. The second-order valence-corrected chi connectivity index (χ2v) is 8.40. The van der Waals surface area contributed by atoms with Crippen molar-refractivity contribution in [2.24, 2.45) is 0 Å². The van der Waals surface area contributed by atoms with Gasteiger partial charge in [0.2, 0.25) is 10.0 Å². The summed E-state index contributed by atoms with van der Waals surface area (Å²) < 4.78 is 46.7. The fraction of sp³-hybridized carbons (Fsp3) is 0.350. The van der Waals surface area contributed by atoms with Gasteiger partial charge in [-0.05, 0) is 38.1 Å². The number of anilines is 1. The highest BCUT2D eigenvalue weighted by Crippen LogP contribution is 2.30. The molecule has 0 heterocycles. The molecule has 0 saturated carbocycles. The molecule has 0 saturated heterocycles. The van der Waals surface area contributed by atoms with Crippen molar-refractivity contribution in [2.75, 3.05) is 25.0 Å². The zero-order chi connectivity index (χ0) is 23.3. The molecular formula is C20H24FN3O6S. The van der Waals surface area contributed by atoms with Gasteiger partial charge in [-0.1, -0.05) is 13.8 Å². The molecule has 0 atom stereocenters. The second kappa shape index (κ2) is 9.84. The molecule has 1 N–H and O–H groups in total. The van der Waals surface area contributed by atoms with Gasteiger partial charge in [0.25, 0.3) is 11.6 Å². The van der Waals surface area contributed by atoms with Crippen molar-refractivity contribution in [2.45, 2.75) is 32.6 Å². The summed E-state index contributed by atoms with van der Waals surface area (Å²) in [6.45, 7) is 7.07. The van der Waals surface area contributed by atoms with Crippen molar-refractivity contribution in [3.63, 3.8) is 0 Å². The van der Waals surface area contributed by atoms with Crippen LogP contribution >= 0.6 is 0 Å². The summed E-state index contributed by atoms with van der Waals surface area (Å²) in [5.74, 6) is -1.59. The number of carbonyl (C=O) groups excluding carboxylic acids is 1. The Labute approximate surface area is 180 Å². The van der Waals surface area contributed by atoms with Gasteiger partial charge in [-0.2, -0.15) is 4.31 Å². The first kappa shape index (κ1) is 24.2. The van der Waals surface area contributed by atoms with E-state index in [0.29, 0.717) is 0 Å². The molecule has 0 unspecified atom stereocenters. The summed E-state index contributed by atoms with van der Waals surface area (Å²) in [6.07, 6.45) is 0. The van der Waals surface area contributed by atoms with Gasteiger partial charge >= 0.3 is 0 Å². The Kier molecular flexibility index (Phi) is 7.69. The number of amides is 1. The van der Waals surface area contributed by atoms with Gasteiger partial charge in [-0.3, -0.25) is 14.9 Å². The molecule has 9 nitrogen and oxygen atoms in total. The molecule has 0 aromatic heterocycles. The average Bonchev–Trinajstić information content (AvgIpc) is 2.71. The first-order chi connectivity index (χ1) is 14.6. The smallest absolute Gasteiger partial charge is 0.276 e. The summed E-state index contributed by atoms with van der Waals surface area (Å²) in [5.41, 5.74) is -0.864. The van der Waals surface area contributed by atoms with Crippen LogP contribution in [0.2, 0.25) is 0 Å². The lowest BCUT2D eigenvalue weighted by Gasteiger charge is -2.21. The van der Waals surface area contributed by atoms with Crippen molar-refractivity contribution in [3.8, 4) is 5.75 Å². The molecule has 0 spiro atoms. The summed E-state index contributed by atoms with van der Waals surface area (Å²) in [7, 11) is -3.90. The Balaban J connectivity index is 2.47. The number of nitrogens with zero attached hydrogens (tertiary/aromatic N) is 2. The van der Waals surface area contributed by atoms with E-state index in [4.69, 9.17) is 4.74 Å². The maximum atomic E-state index is 14.0. The van der Waals surface area contributed by atoms with Crippen molar-refractivity contribution in [1.29, 1.82) is 0 Å². The predicted molar refractivity (Wildman–Crippen MR) is 113 cm³/mol. The van der Waals surface area contributed by atoms with Gasteiger partial charge in [0.15, 0.2) is 0 Å². The Bertz CT molecular complexity index is 1100. The lowest BCUT2D eigenvalue weighted by Crippen LogP contribution is -2.31. The topological polar surface area (TPSA) is 119 Å². The Morgan fingerprint density at radius 3 is 2.39 bits per heavy atom. The summed E-state index contributed by atoms with van der Waals surface area (Å²) in [5, 5.41) is 13.6. The first-order valence-corrected chi connectivity index (χ1v) is 11.0. The number of halogens is 1. The normalized spacial score (nSPS) is 11.4. The Morgan fingerprint density at radius 2 is 1.84 bits per heavy atom. The van der Waals surface area contributed by atoms with E-state index in [1.54, 1.807) is 20.8 Å². The van der Waals surface area contributed by atoms with Crippen LogP contribution in [0.25, 0.3) is 0 Å². The standard InChI is InChI=1S/C20H24FN3O6S/c1-5-23(6-2)31(28,29)19-12-15(8-9-18(19)30-7-3)22-20(25)14-10-16(21)13(4)17(11-14)24(26)27/h8-12H,5-7H2,1-4H3,(H,22,25). The fourth-order valence-corrected chi connectivity index (χ4v) is 4.57. The molecule has 0 radical (unpaired) electrons. The van der Waals surface area contributed by atoms with Crippen molar-refractivity contribution < 1.29 is 27.3 Å². The van der Waals surface area contributed by atoms with Crippen molar-refractivity contribution >= 4 is 27.3 Å². The average molecular weight is 453 g/mol. The minimum atomic E-state index is -3.90. The molecule has 0 bridgehead atoms. The third kappa shape index (κ3) is 5.17. The number of nitrogens with one attached hydrogen (secondary N) is 1. The highest BCUT2D eigenvalue weighted by Gasteiger charge is 2.27. The van der Waals surface area contributed by atoms with Gasteiger partial charge in [0, 0.05) is 30.4 Å². The summed E-state index contributed by atoms with van der Waals surface area (Å²) >= 11 is 0. The Morgan fingerprint density at radius 1 is 1.19 bits per heavy atom. The minimum Gasteiger partial charge on any atom is -0.492 e. The van der Waals surface area contributed by atoms with E-state index in [0.717, 1.165) is 12.1 Å². The van der Waals surface area contributed by atoms with Gasteiger partial charge in [-0.15, -0.1) is 0 Å². The fourth-order valence-electron chi connectivity index (χ4n) is 2.95. The molecule has 2 aromatic rings. The number of benzene rings is 2. The maximum absolute atomic E-state index is 14.0. The molecule has 1 amide bonds. The molecule has 0 aliphatic rings. The SMILES string of the molecule is CCOc1ccc(NC(=O)c2cc(F)c(C)c([N+](=O)[O-])c2)cc1S(=O)(=O)N(CC)CC. The second-order valence-electron chi connectivity index (χ2n) is 6.50. The number of rotatable bonds is 9. The van der Waals surface area contributed by atoms with Crippen LogP contribution in [0, 0.1) is 22.9 Å². The first-order valence-electron chi connectivity index (χ1n) is 9.59. The van der Waals surface area contributed by atoms with Crippen molar-refractivity contribution in [3.05, 3.63) is 57.4 Å². The zero-order valence-corrected chi connectivity index (χ0v) is 18.5. The molecule has 2 rings (SSSR count). The number of hydrogen-bond acceptors (Lipinski definition) is 6. The highest BCUT2D eigenvalue weighted by molar-refractivity contribution is 7.89. The monoisotopic (exact) mass is 453 g/mol. The zero-order valence-electron chi connectivity index (χ0n) is 17.6.